The van der Waals surface area contributed by atoms with Crippen molar-refractivity contribution in [2.24, 2.45) is 5.73 Å². The molecule has 14 heavy (non-hydrogen) atoms. The number of ether oxygens (including phenoxy) is 1. The first-order valence-corrected chi connectivity index (χ1v) is 5.26. The molecule has 1 saturated heterocycles. The Labute approximate surface area is 89.2 Å². The first-order valence-electron chi connectivity index (χ1n) is 4.85. The molecule has 1 heterocycles. The SMILES string of the molecule is NC(=S)CCC(=O)NCC1CCCO1. The molecule has 80 valence electrons. The van der Waals surface area contributed by atoms with Crippen LogP contribution in [0.4, 0.5) is 0 Å². The summed E-state index contributed by atoms with van der Waals surface area (Å²) >= 11 is 4.68. The van der Waals surface area contributed by atoms with Crippen LogP contribution in [0.15, 0.2) is 0 Å². The minimum atomic E-state index is -0.00620. The molecule has 3 N–H and O–H groups in total. The zero-order valence-electron chi connectivity index (χ0n) is 8.12. The van der Waals surface area contributed by atoms with E-state index in [2.05, 4.69) is 17.5 Å². The highest BCUT2D eigenvalue weighted by molar-refractivity contribution is 7.80. The van der Waals surface area contributed by atoms with Crippen LogP contribution >= 0.6 is 12.2 Å². The maximum Gasteiger partial charge on any atom is 0.220 e. The van der Waals surface area contributed by atoms with Gasteiger partial charge in [-0.1, -0.05) is 12.2 Å². The van der Waals surface area contributed by atoms with Crippen molar-refractivity contribution in [3.05, 3.63) is 0 Å². The summed E-state index contributed by atoms with van der Waals surface area (Å²) in [6.07, 6.45) is 3.18. The first kappa shape index (κ1) is 11.4. The van der Waals surface area contributed by atoms with Crippen LogP contribution in [-0.4, -0.2) is 30.2 Å². The number of nitrogens with one attached hydrogen (secondary N) is 1. The Morgan fingerprint density at radius 2 is 2.36 bits per heavy atom. The smallest absolute Gasteiger partial charge is 0.220 e. The van der Waals surface area contributed by atoms with E-state index in [0.29, 0.717) is 24.4 Å². The van der Waals surface area contributed by atoms with Gasteiger partial charge in [-0.2, -0.15) is 0 Å². The summed E-state index contributed by atoms with van der Waals surface area (Å²) in [6, 6.07) is 0. The molecule has 0 aliphatic carbocycles. The number of thiocarbonyl (C=S) groups is 1. The quantitative estimate of drug-likeness (QED) is 0.651. The number of hydrogen-bond acceptors (Lipinski definition) is 3. The van der Waals surface area contributed by atoms with Gasteiger partial charge in [0.25, 0.3) is 0 Å². The maximum absolute atomic E-state index is 11.2. The third kappa shape index (κ3) is 4.53. The zero-order valence-corrected chi connectivity index (χ0v) is 8.94. The molecule has 0 aromatic rings. The topological polar surface area (TPSA) is 64.4 Å². The highest BCUT2D eigenvalue weighted by Gasteiger charge is 2.15. The molecule has 1 atom stereocenters. The standard InChI is InChI=1S/C9H16N2O2S/c10-8(14)3-4-9(12)11-6-7-2-1-5-13-7/h7H,1-6H2,(H2,10,14)(H,11,12). The van der Waals surface area contributed by atoms with Crippen LogP contribution in [0, 0.1) is 0 Å². The first-order chi connectivity index (χ1) is 6.68. The van der Waals surface area contributed by atoms with E-state index in [1.54, 1.807) is 0 Å². The molecule has 1 aliphatic heterocycles. The number of rotatable bonds is 5. The summed E-state index contributed by atoms with van der Waals surface area (Å²) in [4.78, 5) is 11.6. The van der Waals surface area contributed by atoms with Gasteiger partial charge in [-0.3, -0.25) is 4.79 Å². The average Bonchev–Trinajstić information content (AvgIpc) is 2.63. The van der Waals surface area contributed by atoms with Crippen molar-refractivity contribution in [3.63, 3.8) is 0 Å². The van der Waals surface area contributed by atoms with Crippen LogP contribution in [-0.2, 0) is 9.53 Å². The highest BCUT2D eigenvalue weighted by atomic mass is 32.1. The lowest BCUT2D eigenvalue weighted by molar-refractivity contribution is -0.121. The highest BCUT2D eigenvalue weighted by Crippen LogP contribution is 2.10. The van der Waals surface area contributed by atoms with Gasteiger partial charge in [-0.15, -0.1) is 0 Å². The van der Waals surface area contributed by atoms with Crippen molar-refractivity contribution < 1.29 is 9.53 Å². The molecule has 0 bridgehead atoms. The number of amides is 1. The number of nitrogens with two attached hydrogens (primary N) is 1. The van der Waals surface area contributed by atoms with E-state index in [9.17, 15) is 4.79 Å². The van der Waals surface area contributed by atoms with Crippen molar-refractivity contribution in [3.8, 4) is 0 Å². The van der Waals surface area contributed by atoms with Crippen LogP contribution in [0.25, 0.3) is 0 Å². The number of carbonyl (C=O) groups is 1. The Morgan fingerprint density at radius 1 is 1.57 bits per heavy atom. The molecule has 1 aliphatic rings. The molecular weight excluding hydrogens is 200 g/mol. The predicted molar refractivity (Wildman–Crippen MR) is 58.0 cm³/mol. The van der Waals surface area contributed by atoms with E-state index in [1.807, 2.05) is 0 Å². The van der Waals surface area contributed by atoms with Crippen LogP contribution < -0.4 is 11.1 Å². The van der Waals surface area contributed by atoms with E-state index >= 15 is 0 Å². The summed E-state index contributed by atoms with van der Waals surface area (Å²) < 4.78 is 5.36. The van der Waals surface area contributed by atoms with Gasteiger partial charge < -0.3 is 15.8 Å². The van der Waals surface area contributed by atoms with Crippen LogP contribution in [0.5, 0.6) is 0 Å². The lowest BCUT2D eigenvalue weighted by atomic mass is 10.2. The van der Waals surface area contributed by atoms with Crippen LogP contribution in [0.1, 0.15) is 25.7 Å². The van der Waals surface area contributed by atoms with E-state index in [1.165, 1.54) is 0 Å². The Hall–Kier alpha value is -0.680. The number of hydrogen-bond donors (Lipinski definition) is 2. The van der Waals surface area contributed by atoms with Gasteiger partial charge in [0.1, 0.15) is 0 Å². The lowest BCUT2D eigenvalue weighted by Gasteiger charge is -2.10. The molecule has 1 amide bonds. The molecule has 0 saturated carbocycles. The maximum atomic E-state index is 11.2. The lowest BCUT2D eigenvalue weighted by Crippen LogP contribution is -2.32. The molecule has 0 spiro atoms. The van der Waals surface area contributed by atoms with E-state index in [4.69, 9.17) is 10.5 Å². The minimum absolute atomic E-state index is 0.00620. The fraction of sp³-hybridized carbons (Fsp3) is 0.778. The van der Waals surface area contributed by atoms with Crippen LogP contribution in [0.2, 0.25) is 0 Å². The zero-order chi connectivity index (χ0) is 10.4. The van der Waals surface area contributed by atoms with Gasteiger partial charge in [0.15, 0.2) is 0 Å². The second kappa shape index (κ2) is 5.93. The average molecular weight is 216 g/mol. The summed E-state index contributed by atoms with van der Waals surface area (Å²) in [7, 11) is 0. The molecular formula is C9H16N2O2S. The molecule has 1 fully saturated rings. The van der Waals surface area contributed by atoms with Gasteiger partial charge in [0.05, 0.1) is 11.1 Å². The van der Waals surface area contributed by atoms with Gasteiger partial charge >= 0.3 is 0 Å². The third-order valence-corrected chi connectivity index (χ3v) is 2.35. The van der Waals surface area contributed by atoms with E-state index < -0.39 is 0 Å². The minimum Gasteiger partial charge on any atom is -0.393 e. The fourth-order valence-electron chi connectivity index (χ4n) is 1.36. The van der Waals surface area contributed by atoms with Gasteiger partial charge in [-0.25, -0.2) is 0 Å². The Balaban J connectivity index is 2.05. The van der Waals surface area contributed by atoms with Crippen molar-refractivity contribution in [2.75, 3.05) is 13.2 Å². The van der Waals surface area contributed by atoms with Gasteiger partial charge in [0.2, 0.25) is 5.91 Å². The Kier molecular flexibility index (Phi) is 4.82. The van der Waals surface area contributed by atoms with Crippen molar-refractivity contribution in [1.29, 1.82) is 0 Å². The fourth-order valence-corrected chi connectivity index (χ4v) is 1.46. The van der Waals surface area contributed by atoms with Gasteiger partial charge in [0, 0.05) is 26.0 Å². The number of carbonyl (C=O) groups excluding carboxylic acids is 1. The van der Waals surface area contributed by atoms with Gasteiger partial charge in [-0.05, 0) is 12.8 Å². The van der Waals surface area contributed by atoms with E-state index in [0.717, 1.165) is 19.4 Å². The van der Waals surface area contributed by atoms with Crippen LogP contribution in [0.3, 0.4) is 0 Å². The molecule has 0 aromatic heterocycles. The molecule has 0 radical (unpaired) electrons. The molecule has 0 aromatic carbocycles. The molecule has 1 rings (SSSR count). The molecule has 5 heteroatoms. The third-order valence-electron chi connectivity index (χ3n) is 2.15. The largest absolute Gasteiger partial charge is 0.393 e. The molecule has 1 unspecified atom stereocenters. The van der Waals surface area contributed by atoms with Crippen molar-refractivity contribution >= 4 is 23.1 Å². The molecule has 4 nitrogen and oxygen atoms in total. The predicted octanol–water partition coefficient (Wildman–Crippen LogP) is 0.348. The second-order valence-corrected chi connectivity index (χ2v) is 3.93. The monoisotopic (exact) mass is 216 g/mol. The summed E-state index contributed by atoms with van der Waals surface area (Å²) in [5.41, 5.74) is 5.29. The Bertz CT molecular complexity index is 215. The normalized spacial score (nSPS) is 20.7. The summed E-state index contributed by atoms with van der Waals surface area (Å²) in [5, 5.41) is 2.80. The summed E-state index contributed by atoms with van der Waals surface area (Å²) in [6.45, 7) is 1.42. The van der Waals surface area contributed by atoms with Crippen molar-refractivity contribution in [1.82, 2.24) is 5.32 Å². The summed E-state index contributed by atoms with van der Waals surface area (Å²) in [5.74, 6) is -0.00620. The Morgan fingerprint density at radius 3 is 2.93 bits per heavy atom. The van der Waals surface area contributed by atoms with E-state index in [-0.39, 0.29) is 12.0 Å². The van der Waals surface area contributed by atoms with Crippen molar-refractivity contribution in [2.45, 2.75) is 31.8 Å². The second-order valence-electron chi connectivity index (χ2n) is 3.41.